The fraction of sp³-hybridized carbons (Fsp3) is 0.545. The molecule has 3 heterocycles. The molecule has 1 amide bonds. The van der Waals surface area contributed by atoms with E-state index in [2.05, 4.69) is 20.6 Å². The maximum Gasteiger partial charge on any atom is 0.230 e. The van der Waals surface area contributed by atoms with Gasteiger partial charge in [-0.05, 0) is 19.3 Å². The van der Waals surface area contributed by atoms with Crippen molar-refractivity contribution in [2.75, 3.05) is 5.32 Å². The molecule has 2 saturated heterocycles. The average molecular weight is 287 g/mol. The highest BCUT2D eigenvalue weighted by molar-refractivity contribution is 6.42. The second kappa shape index (κ2) is 4.64. The number of aromatic nitrogens is 2. The normalized spacial score (nSPS) is 29.6. The number of anilines is 1. The van der Waals surface area contributed by atoms with E-state index in [9.17, 15) is 4.79 Å². The van der Waals surface area contributed by atoms with E-state index in [1.54, 1.807) is 0 Å². The van der Waals surface area contributed by atoms with Crippen LogP contribution in [0.25, 0.3) is 0 Å². The summed E-state index contributed by atoms with van der Waals surface area (Å²) >= 11 is 11.7. The summed E-state index contributed by atoms with van der Waals surface area (Å²) in [6, 6.07) is 0.765. The Morgan fingerprint density at radius 3 is 2.89 bits per heavy atom. The molecule has 1 aromatic heterocycles. The lowest BCUT2D eigenvalue weighted by molar-refractivity contribution is -0.120. The van der Waals surface area contributed by atoms with Crippen molar-refractivity contribution < 1.29 is 4.79 Å². The largest absolute Gasteiger partial charge is 0.310 e. The second-order valence-electron chi connectivity index (χ2n) is 4.71. The van der Waals surface area contributed by atoms with Gasteiger partial charge in [0, 0.05) is 12.1 Å². The Kier molecular flexibility index (Phi) is 3.13. The van der Waals surface area contributed by atoms with E-state index in [0.29, 0.717) is 6.04 Å². The fourth-order valence-electron chi connectivity index (χ4n) is 2.76. The van der Waals surface area contributed by atoms with E-state index in [1.807, 2.05) is 0 Å². The number of nitrogens with zero attached hydrogens (tertiary/aromatic N) is 2. The van der Waals surface area contributed by atoms with Crippen molar-refractivity contribution in [1.29, 1.82) is 0 Å². The lowest BCUT2D eigenvalue weighted by atomic mass is 9.88. The predicted octanol–water partition coefficient (Wildman–Crippen LogP) is 1.86. The van der Waals surface area contributed by atoms with Crippen LogP contribution in [-0.4, -0.2) is 28.0 Å². The second-order valence-corrected chi connectivity index (χ2v) is 5.44. The Labute approximate surface area is 114 Å². The molecular weight excluding hydrogens is 275 g/mol. The van der Waals surface area contributed by atoms with Crippen molar-refractivity contribution in [1.82, 2.24) is 15.3 Å². The SMILES string of the molecule is O=C(Nc1ncnc(Cl)c1Cl)C1CC2CCC1N2. The Bertz CT molecular complexity index is 496. The zero-order valence-corrected chi connectivity index (χ0v) is 11.0. The quantitative estimate of drug-likeness (QED) is 0.815. The van der Waals surface area contributed by atoms with E-state index in [4.69, 9.17) is 23.2 Å². The van der Waals surface area contributed by atoms with E-state index < -0.39 is 0 Å². The molecule has 18 heavy (non-hydrogen) atoms. The molecule has 2 N–H and O–H groups in total. The lowest BCUT2D eigenvalue weighted by Gasteiger charge is -2.19. The van der Waals surface area contributed by atoms with Gasteiger partial charge in [-0.2, -0.15) is 0 Å². The van der Waals surface area contributed by atoms with Crippen LogP contribution in [0.1, 0.15) is 19.3 Å². The molecule has 0 aliphatic carbocycles. The minimum Gasteiger partial charge on any atom is -0.310 e. The first-order valence-corrected chi connectivity index (χ1v) is 6.63. The van der Waals surface area contributed by atoms with Crippen LogP contribution >= 0.6 is 23.2 Å². The van der Waals surface area contributed by atoms with Crippen molar-refractivity contribution in [3.05, 3.63) is 16.5 Å². The summed E-state index contributed by atoms with van der Waals surface area (Å²) in [5.41, 5.74) is 0. The summed E-state index contributed by atoms with van der Waals surface area (Å²) in [6.07, 6.45) is 4.38. The molecule has 7 heteroatoms. The average Bonchev–Trinajstić information content (AvgIpc) is 2.97. The molecular formula is C11H12Cl2N4O. The molecule has 1 aromatic rings. The number of rotatable bonds is 2. The highest BCUT2D eigenvalue weighted by Gasteiger charge is 2.42. The predicted molar refractivity (Wildman–Crippen MR) is 68.7 cm³/mol. The van der Waals surface area contributed by atoms with Gasteiger partial charge in [0.15, 0.2) is 11.0 Å². The number of carbonyl (C=O) groups excluding carboxylic acids is 1. The first kappa shape index (κ1) is 12.1. The van der Waals surface area contributed by atoms with Crippen LogP contribution in [0.4, 0.5) is 5.82 Å². The Morgan fingerprint density at radius 1 is 1.39 bits per heavy atom. The fourth-order valence-corrected chi connectivity index (χ4v) is 3.04. The van der Waals surface area contributed by atoms with Gasteiger partial charge < -0.3 is 10.6 Å². The van der Waals surface area contributed by atoms with Gasteiger partial charge in [-0.3, -0.25) is 4.79 Å². The number of hydrogen-bond donors (Lipinski definition) is 2. The molecule has 0 radical (unpaired) electrons. The van der Waals surface area contributed by atoms with Gasteiger partial charge in [0.1, 0.15) is 11.3 Å². The van der Waals surface area contributed by atoms with Gasteiger partial charge in [-0.1, -0.05) is 23.2 Å². The first-order chi connectivity index (χ1) is 8.65. The van der Waals surface area contributed by atoms with Crippen LogP contribution in [0.3, 0.4) is 0 Å². The van der Waals surface area contributed by atoms with Gasteiger partial charge in [0.05, 0.1) is 5.92 Å². The van der Waals surface area contributed by atoms with Crippen molar-refractivity contribution in [2.24, 2.45) is 5.92 Å². The smallest absolute Gasteiger partial charge is 0.230 e. The topological polar surface area (TPSA) is 66.9 Å². The van der Waals surface area contributed by atoms with Crippen molar-refractivity contribution in [2.45, 2.75) is 31.3 Å². The van der Waals surface area contributed by atoms with Crippen LogP contribution in [-0.2, 0) is 4.79 Å². The summed E-state index contributed by atoms with van der Waals surface area (Å²) in [5, 5.41) is 6.48. The number of hydrogen-bond acceptors (Lipinski definition) is 4. The number of halogens is 2. The van der Waals surface area contributed by atoms with Crippen LogP contribution in [0.15, 0.2) is 6.33 Å². The van der Waals surface area contributed by atoms with Crippen molar-refractivity contribution >= 4 is 34.9 Å². The van der Waals surface area contributed by atoms with E-state index in [0.717, 1.165) is 19.3 Å². The molecule has 2 fully saturated rings. The highest BCUT2D eigenvalue weighted by atomic mass is 35.5. The lowest BCUT2D eigenvalue weighted by Crippen LogP contribution is -2.33. The number of carbonyl (C=O) groups is 1. The minimum absolute atomic E-state index is 0.00597. The Balaban J connectivity index is 1.73. The molecule has 2 bridgehead atoms. The van der Waals surface area contributed by atoms with Crippen LogP contribution < -0.4 is 10.6 Å². The summed E-state index contributed by atoms with van der Waals surface area (Å²) < 4.78 is 0. The zero-order valence-electron chi connectivity index (χ0n) is 9.49. The van der Waals surface area contributed by atoms with Crippen LogP contribution in [0, 0.1) is 5.92 Å². The summed E-state index contributed by atoms with van der Waals surface area (Å²) in [4.78, 5) is 19.8. The molecule has 2 aliphatic heterocycles. The molecule has 0 saturated carbocycles. The van der Waals surface area contributed by atoms with Crippen molar-refractivity contribution in [3.63, 3.8) is 0 Å². The molecule has 5 nitrogen and oxygen atoms in total. The number of amides is 1. The third kappa shape index (κ3) is 2.06. The maximum atomic E-state index is 12.2. The van der Waals surface area contributed by atoms with E-state index in [-0.39, 0.29) is 33.9 Å². The van der Waals surface area contributed by atoms with Crippen LogP contribution in [0.2, 0.25) is 10.2 Å². The van der Waals surface area contributed by atoms with E-state index >= 15 is 0 Å². The summed E-state index contributed by atoms with van der Waals surface area (Å²) in [5.74, 6) is 0.226. The van der Waals surface area contributed by atoms with E-state index in [1.165, 1.54) is 6.33 Å². The molecule has 0 spiro atoms. The van der Waals surface area contributed by atoms with Gasteiger partial charge in [-0.15, -0.1) is 0 Å². The van der Waals surface area contributed by atoms with Gasteiger partial charge in [0.25, 0.3) is 0 Å². The van der Waals surface area contributed by atoms with Crippen LogP contribution in [0.5, 0.6) is 0 Å². The van der Waals surface area contributed by atoms with Gasteiger partial charge >= 0.3 is 0 Å². The first-order valence-electron chi connectivity index (χ1n) is 5.88. The zero-order chi connectivity index (χ0) is 12.7. The number of fused-ring (bicyclic) bond motifs is 2. The Morgan fingerprint density at radius 2 is 2.22 bits per heavy atom. The monoisotopic (exact) mass is 286 g/mol. The molecule has 3 rings (SSSR count). The molecule has 96 valence electrons. The maximum absolute atomic E-state index is 12.2. The summed E-state index contributed by atoms with van der Waals surface area (Å²) in [6.45, 7) is 0. The van der Waals surface area contributed by atoms with Gasteiger partial charge in [-0.25, -0.2) is 9.97 Å². The highest BCUT2D eigenvalue weighted by Crippen LogP contribution is 2.34. The minimum atomic E-state index is -0.0497. The van der Waals surface area contributed by atoms with Crippen molar-refractivity contribution in [3.8, 4) is 0 Å². The Hall–Kier alpha value is -0.910. The third-order valence-electron chi connectivity index (χ3n) is 3.63. The van der Waals surface area contributed by atoms with Gasteiger partial charge in [0.2, 0.25) is 5.91 Å². The standard InChI is InChI=1S/C11H12Cl2N4O/c12-8-9(13)14-4-15-10(8)17-11(18)6-3-5-1-2-7(6)16-5/h4-7,16H,1-3H2,(H,14,15,17,18). The summed E-state index contributed by atoms with van der Waals surface area (Å²) in [7, 11) is 0. The molecule has 3 atom stereocenters. The molecule has 0 aromatic carbocycles. The number of nitrogens with one attached hydrogen (secondary N) is 2. The molecule has 2 aliphatic rings. The third-order valence-corrected chi connectivity index (χ3v) is 4.37. The molecule has 3 unspecified atom stereocenters.